The van der Waals surface area contributed by atoms with Crippen molar-refractivity contribution in [3.05, 3.63) is 23.8 Å². The van der Waals surface area contributed by atoms with Gasteiger partial charge in [-0.1, -0.05) is 25.5 Å². The van der Waals surface area contributed by atoms with Crippen molar-refractivity contribution in [3.8, 4) is 0 Å². The van der Waals surface area contributed by atoms with Gasteiger partial charge < -0.3 is 14.9 Å². The lowest BCUT2D eigenvalue weighted by Crippen LogP contribution is -2.62. The van der Waals surface area contributed by atoms with Crippen LogP contribution in [0.25, 0.3) is 0 Å². The first kappa shape index (κ1) is 17.8. The van der Waals surface area contributed by atoms with Gasteiger partial charge in [0, 0.05) is 10.8 Å². The molecule has 4 aliphatic carbocycles. The number of carbonyl (C=O) groups excluding carboxylic acids is 2. The fourth-order valence-electron chi connectivity index (χ4n) is 7.70. The molecule has 0 aromatic heterocycles. The molecule has 0 aromatic carbocycles. The highest BCUT2D eigenvalue weighted by molar-refractivity contribution is 6.01. The van der Waals surface area contributed by atoms with Gasteiger partial charge in [-0.2, -0.15) is 0 Å². The van der Waals surface area contributed by atoms with Crippen molar-refractivity contribution in [1.29, 1.82) is 0 Å². The molecule has 0 aromatic rings. The number of ketones is 2. The molecular weight excluding hydrogens is 344 g/mol. The maximum absolute atomic E-state index is 12.6. The van der Waals surface area contributed by atoms with Gasteiger partial charge in [-0.05, 0) is 62.5 Å². The number of allylic oxidation sites excluding steroid dienone is 2. The topological polar surface area (TPSA) is 87.1 Å². The largest absolute Gasteiger partial charge is 0.388 e. The maximum atomic E-state index is 12.6. The van der Waals surface area contributed by atoms with Crippen LogP contribution < -0.4 is 0 Å². The van der Waals surface area contributed by atoms with E-state index in [1.54, 1.807) is 12.2 Å². The van der Waals surface area contributed by atoms with Crippen LogP contribution in [0.4, 0.5) is 0 Å². The Bertz CT molecular complexity index is 814. The van der Waals surface area contributed by atoms with Crippen LogP contribution in [0.5, 0.6) is 0 Å². The van der Waals surface area contributed by atoms with Gasteiger partial charge in [-0.15, -0.1) is 0 Å². The van der Waals surface area contributed by atoms with Gasteiger partial charge in [0.05, 0.1) is 6.10 Å². The van der Waals surface area contributed by atoms with Crippen LogP contribution >= 0.6 is 0 Å². The summed E-state index contributed by atoms with van der Waals surface area (Å²) in [6.45, 7) is 5.51. The quantitative estimate of drug-likeness (QED) is 0.724. The summed E-state index contributed by atoms with van der Waals surface area (Å²) in [6, 6.07) is 0. The minimum absolute atomic E-state index is 0.0291. The second-order valence-electron chi connectivity index (χ2n) is 9.86. The van der Waals surface area contributed by atoms with E-state index in [1.165, 1.54) is 0 Å². The molecule has 5 nitrogen and oxygen atoms in total. The summed E-state index contributed by atoms with van der Waals surface area (Å²) in [4.78, 5) is 24.5. The molecule has 4 fully saturated rings. The number of hydrogen-bond acceptors (Lipinski definition) is 5. The highest BCUT2D eigenvalue weighted by Crippen LogP contribution is 2.76. The fraction of sp³-hybridized carbons (Fsp3) is 0.727. The normalized spacial score (nSPS) is 55.1. The number of Topliss-reactive ketones (excluding diaryl/α,β-unsaturated/α-hetero) is 1. The molecule has 2 N–H and O–H groups in total. The average molecular weight is 372 g/mol. The molecule has 1 heterocycles. The summed E-state index contributed by atoms with van der Waals surface area (Å²) >= 11 is 0. The molecule has 1 spiro atoms. The molecule has 3 saturated carbocycles. The summed E-state index contributed by atoms with van der Waals surface area (Å²) < 4.78 is 6.43. The van der Waals surface area contributed by atoms with Crippen LogP contribution in [0, 0.1) is 28.6 Å². The molecule has 0 unspecified atom stereocenters. The Hall–Kier alpha value is -1.30. The third-order valence-electron chi connectivity index (χ3n) is 9.08. The van der Waals surface area contributed by atoms with E-state index in [4.69, 9.17) is 4.74 Å². The zero-order valence-electron chi connectivity index (χ0n) is 16.2. The van der Waals surface area contributed by atoms with Gasteiger partial charge in [0.1, 0.15) is 17.8 Å². The predicted octanol–water partition coefficient (Wildman–Crippen LogP) is 1.96. The SMILES string of the molecule is C[C@@H]1C[C@H]2[C@@H]3CCC4=CC(=O)C=C[C@]4(C)[C@@]34O[C@H]4C[C@@]2(C)[C@]1(O)C(=O)CO. The van der Waals surface area contributed by atoms with Crippen LogP contribution in [-0.4, -0.2) is 45.7 Å². The number of hydrogen-bond donors (Lipinski definition) is 2. The Morgan fingerprint density at radius 2 is 2.07 bits per heavy atom. The van der Waals surface area contributed by atoms with E-state index in [0.29, 0.717) is 6.42 Å². The van der Waals surface area contributed by atoms with Gasteiger partial charge in [-0.25, -0.2) is 0 Å². The molecule has 5 heteroatoms. The van der Waals surface area contributed by atoms with Crippen molar-refractivity contribution in [3.63, 3.8) is 0 Å². The molecule has 27 heavy (non-hydrogen) atoms. The molecule has 0 amide bonds. The van der Waals surface area contributed by atoms with Crippen molar-refractivity contribution in [2.24, 2.45) is 28.6 Å². The summed E-state index contributed by atoms with van der Waals surface area (Å²) in [5, 5.41) is 21.0. The van der Waals surface area contributed by atoms with E-state index >= 15 is 0 Å². The van der Waals surface area contributed by atoms with Crippen molar-refractivity contribution in [2.45, 2.75) is 63.8 Å². The van der Waals surface area contributed by atoms with E-state index in [9.17, 15) is 19.8 Å². The second kappa shape index (κ2) is 5.00. The zero-order chi connectivity index (χ0) is 19.4. The summed E-state index contributed by atoms with van der Waals surface area (Å²) in [5.74, 6) is -0.193. The summed E-state index contributed by atoms with van der Waals surface area (Å²) in [6.07, 6.45) is 8.58. The van der Waals surface area contributed by atoms with Gasteiger partial charge in [0.15, 0.2) is 11.6 Å². The molecule has 8 atom stereocenters. The van der Waals surface area contributed by atoms with Crippen LogP contribution in [0.2, 0.25) is 0 Å². The smallest absolute Gasteiger partial charge is 0.190 e. The molecule has 5 rings (SSSR count). The molecule has 1 aliphatic heterocycles. The lowest BCUT2D eigenvalue weighted by Gasteiger charge is -2.55. The number of ether oxygens (including phenoxy) is 1. The number of rotatable bonds is 2. The van der Waals surface area contributed by atoms with Gasteiger partial charge >= 0.3 is 0 Å². The van der Waals surface area contributed by atoms with Crippen LogP contribution in [-0.2, 0) is 14.3 Å². The van der Waals surface area contributed by atoms with Crippen LogP contribution in [0.1, 0.15) is 46.5 Å². The standard InChI is InChI=1S/C22H28O5/c1-12-8-16-15-5-4-13-9-14(24)6-7-19(13,2)22(15)18(27-22)10-20(16,3)21(12,26)17(25)11-23/h6-7,9,12,15-16,18,23,26H,4-5,8,10-11H2,1-3H3/t12-,15+,16+,18+,19+,20-,21-,22-/m1/s1. The minimum Gasteiger partial charge on any atom is -0.388 e. The maximum Gasteiger partial charge on any atom is 0.190 e. The van der Waals surface area contributed by atoms with E-state index in [1.807, 2.05) is 19.9 Å². The van der Waals surface area contributed by atoms with Crippen molar-refractivity contribution in [1.82, 2.24) is 0 Å². The monoisotopic (exact) mass is 372 g/mol. The number of aliphatic hydroxyl groups is 2. The van der Waals surface area contributed by atoms with Crippen molar-refractivity contribution >= 4 is 11.6 Å². The van der Waals surface area contributed by atoms with Crippen molar-refractivity contribution < 1.29 is 24.5 Å². The van der Waals surface area contributed by atoms with E-state index < -0.39 is 23.4 Å². The second-order valence-corrected chi connectivity index (χ2v) is 9.86. The Morgan fingerprint density at radius 1 is 1.33 bits per heavy atom. The first-order valence-electron chi connectivity index (χ1n) is 10.1. The average Bonchev–Trinajstić information content (AvgIpc) is 3.31. The van der Waals surface area contributed by atoms with Gasteiger partial charge in [0.2, 0.25) is 0 Å². The molecule has 5 aliphatic rings. The lowest BCUT2D eigenvalue weighted by molar-refractivity contribution is -0.165. The highest BCUT2D eigenvalue weighted by Gasteiger charge is 2.81. The van der Waals surface area contributed by atoms with E-state index in [0.717, 1.165) is 24.8 Å². The third kappa shape index (κ3) is 1.73. The van der Waals surface area contributed by atoms with Crippen LogP contribution in [0.3, 0.4) is 0 Å². The number of epoxide rings is 1. The summed E-state index contributed by atoms with van der Waals surface area (Å²) in [5.41, 5.74) is -1.55. The molecular formula is C22H28O5. The lowest BCUT2D eigenvalue weighted by atomic mass is 9.46. The molecule has 0 bridgehead atoms. The van der Waals surface area contributed by atoms with Crippen molar-refractivity contribution in [2.75, 3.05) is 6.61 Å². The van der Waals surface area contributed by atoms with E-state index in [-0.39, 0.29) is 40.7 Å². The first-order valence-corrected chi connectivity index (χ1v) is 10.1. The number of fused-ring (bicyclic) bond motifs is 3. The minimum atomic E-state index is -1.50. The van der Waals surface area contributed by atoms with Crippen LogP contribution in [0.15, 0.2) is 23.8 Å². The number of carbonyl (C=O) groups is 2. The predicted molar refractivity (Wildman–Crippen MR) is 97.7 cm³/mol. The molecule has 1 saturated heterocycles. The van der Waals surface area contributed by atoms with Gasteiger partial charge in [-0.3, -0.25) is 9.59 Å². The Balaban J connectivity index is 1.60. The van der Waals surface area contributed by atoms with E-state index in [2.05, 4.69) is 6.92 Å². The third-order valence-corrected chi connectivity index (χ3v) is 9.08. The van der Waals surface area contributed by atoms with Gasteiger partial charge in [0.25, 0.3) is 0 Å². The highest BCUT2D eigenvalue weighted by atomic mass is 16.6. The Kier molecular flexibility index (Phi) is 3.29. The molecule has 146 valence electrons. The summed E-state index contributed by atoms with van der Waals surface area (Å²) in [7, 11) is 0. The Morgan fingerprint density at radius 3 is 2.78 bits per heavy atom. The number of aliphatic hydroxyl groups excluding tert-OH is 1. The molecule has 0 radical (unpaired) electrons. The fourth-order valence-corrected chi connectivity index (χ4v) is 7.70. The Labute approximate surface area is 159 Å². The first-order chi connectivity index (χ1) is 12.6. The zero-order valence-corrected chi connectivity index (χ0v) is 16.2.